The predicted molar refractivity (Wildman–Crippen MR) is 115 cm³/mol. The van der Waals surface area contributed by atoms with E-state index in [-0.39, 0.29) is 17.4 Å². The second kappa shape index (κ2) is 8.65. The first-order chi connectivity index (χ1) is 13.8. The maximum absolute atomic E-state index is 12.6. The van der Waals surface area contributed by atoms with Gasteiger partial charge >= 0.3 is 0 Å². The Bertz CT molecular complexity index is 1030. The summed E-state index contributed by atoms with van der Waals surface area (Å²) in [5.74, 6) is 1.13. The molecule has 0 saturated heterocycles. The van der Waals surface area contributed by atoms with Gasteiger partial charge in [-0.15, -0.1) is 0 Å². The van der Waals surface area contributed by atoms with Gasteiger partial charge in [0.2, 0.25) is 0 Å². The van der Waals surface area contributed by atoms with E-state index in [0.717, 1.165) is 5.69 Å². The molecular weight excluding hydrogens is 364 g/mol. The number of carbonyl (C=O) groups excluding carboxylic acids is 2. The summed E-state index contributed by atoms with van der Waals surface area (Å²) >= 11 is 0. The molecule has 0 aliphatic carbocycles. The van der Waals surface area contributed by atoms with Crippen molar-refractivity contribution in [3.05, 3.63) is 77.2 Å². The lowest BCUT2D eigenvalue weighted by atomic mass is 10.0. The van der Waals surface area contributed by atoms with Crippen LogP contribution in [0, 0.1) is 6.92 Å². The van der Waals surface area contributed by atoms with Crippen molar-refractivity contribution in [2.24, 2.45) is 0 Å². The first kappa shape index (κ1) is 20.2. The third-order valence-electron chi connectivity index (χ3n) is 4.47. The van der Waals surface area contributed by atoms with Gasteiger partial charge in [0.15, 0.2) is 5.78 Å². The zero-order valence-electron chi connectivity index (χ0n) is 17.0. The number of nitrogens with zero attached hydrogens (tertiary/aromatic N) is 2. The van der Waals surface area contributed by atoms with Gasteiger partial charge in [-0.25, -0.2) is 9.97 Å². The van der Waals surface area contributed by atoms with Crippen LogP contribution in [0.15, 0.2) is 54.6 Å². The van der Waals surface area contributed by atoms with Crippen LogP contribution >= 0.6 is 0 Å². The normalized spacial score (nSPS) is 10.7. The highest BCUT2D eigenvalue weighted by atomic mass is 16.2. The number of hydrogen-bond acceptors (Lipinski definition) is 5. The van der Waals surface area contributed by atoms with Gasteiger partial charge in [-0.2, -0.15) is 0 Å². The average Bonchev–Trinajstić information content (AvgIpc) is 2.68. The summed E-state index contributed by atoms with van der Waals surface area (Å²) in [6.07, 6.45) is 0. The summed E-state index contributed by atoms with van der Waals surface area (Å²) in [4.78, 5) is 32.6. The second-order valence-electron chi connectivity index (χ2n) is 7.18. The van der Waals surface area contributed by atoms with Crippen LogP contribution in [0.1, 0.15) is 58.9 Å². The molecule has 29 heavy (non-hydrogen) atoms. The van der Waals surface area contributed by atoms with E-state index < -0.39 is 0 Å². The fourth-order valence-electron chi connectivity index (χ4n) is 2.83. The second-order valence-corrected chi connectivity index (χ2v) is 7.18. The minimum atomic E-state index is -0.303. The molecule has 2 aromatic carbocycles. The Morgan fingerprint density at radius 2 is 1.52 bits per heavy atom. The topological polar surface area (TPSA) is 84.0 Å². The van der Waals surface area contributed by atoms with E-state index in [1.165, 1.54) is 12.5 Å². The van der Waals surface area contributed by atoms with Crippen LogP contribution in [0.5, 0.6) is 0 Å². The SMILES string of the molecule is CC(=O)c1ccc(Nc2cc(C(=O)Nc3ccc(C(C)C)cc3)nc(C)n2)cc1. The molecular formula is C23H24N4O2. The van der Waals surface area contributed by atoms with Gasteiger partial charge in [0.05, 0.1) is 0 Å². The Hall–Kier alpha value is -3.54. The number of aromatic nitrogens is 2. The van der Waals surface area contributed by atoms with Crippen LogP contribution in [0.25, 0.3) is 0 Å². The Morgan fingerprint density at radius 3 is 2.10 bits per heavy atom. The number of benzene rings is 2. The van der Waals surface area contributed by atoms with Crippen LogP contribution in [-0.4, -0.2) is 21.7 Å². The van der Waals surface area contributed by atoms with E-state index in [1.54, 1.807) is 37.3 Å². The van der Waals surface area contributed by atoms with Crippen LogP contribution < -0.4 is 10.6 Å². The number of nitrogens with one attached hydrogen (secondary N) is 2. The van der Waals surface area contributed by atoms with Gasteiger partial charge in [0, 0.05) is 23.0 Å². The first-order valence-electron chi connectivity index (χ1n) is 9.47. The van der Waals surface area contributed by atoms with E-state index >= 15 is 0 Å². The molecule has 0 atom stereocenters. The molecule has 0 aliphatic heterocycles. The minimum absolute atomic E-state index is 0.00909. The van der Waals surface area contributed by atoms with Gasteiger partial charge < -0.3 is 10.6 Å². The van der Waals surface area contributed by atoms with Gasteiger partial charge in [0.1, 0.15) is 17.3 Å². The monoisotopic (exact) mass is 388 g/mol. The van der Waals surface area contributed by atoms with Crippen molar-refractivity contribution in [3.63, 3.8) is 0 Å². The van der Waals surface area contributed by atoms with Crippen molar-refractivity contribution in [1.29, 1.82) is 0 Å². The highest BCUT2D eigenvalue weighted by Crippen LogP contribution is 2.19. The van der Waals surface area contributed by atoms with Gasteiger partial charge in [-0.1, -0.05) is 26.0 Å². The number of carbonyl (C=O) groups is 2. The van der Waals surface area contributed by atoms with E-state index in [4.69, 9.17) is 0 Å². The molecule has 0 saturated carbocycles. The number of Topliss-reactive ketones (excluding diaryl/α,β-unsaturated/α-hetero) is 1. The lowest BCUT2D eigenvalue weighted by Gasteiger charge is -2.10. The Balaban J connectivity index is 1.75. The molecule has 2 N–H and O–H groups in total. The largest absolute Gasteiger partial charge is 0.340 e. The maximum atomic E-state index is 12.6. The third-order valence-corrected chi connectivity index (χ3v) is 4.47. The molecule has 1 aromatic heterocycles. The smallest absolute Gasteiger partial charge is 0.274 e. The summed E-state index contributed by atoms with van der Waals surface area (Å²) in [6, 6.07) is 16.5. The third kappa shape index (κ3) is 5.25. The zero-order valence-corrected chi connectivity index (χ0v) is 17.0. The fourth-order valence-corrected chi connectivity index (χ4v) is 2.83. The number of ketones is 1. The molecule has 0 radical (unpaired) electrons. The molecule has 0 fully saturated rings. The number of hydrogen-bond donors (Lipinski definition) is 2. The standard InChI is InChI=1S/C23H24N4O2/c1-14(2)17-5-9-20(10-6-17)27-23(29)21-13-22(25-16(4)24-21)26-19-11-7-18(8-12-19)15(3)28/h5-14H,1-4H3,(H,27,29)(H,24,25,26). The fraction of sp³-hybridized carbons (Fsp3) is 0.217. The molecule has 148 valence electrons. The Labute approximate surface area is 170 Å². The number of anilines is 3. The first-order valence-corrected chi connectivity index (χ1v) is 9.47. The minimum Gasteiger partial charge on any atom is -0.340 e. The quantitative estimate of drug-likeness (QED) is 0.574. The van der Waals surface area contributed by atoms with E-state index in [9.17, 15) is 9.59 Å². The summed E-state index contributed by atoms with van der Waals surface area (Å²) in [6.45, 7) is 7.51. The molecule has 0 unspecified atom stereocenters. The van der Waals surface area contributed by atoms with Crippen molar-refractivity contribution in [1.82, 2.24) is 9.97 Å². The van der Waals surface area contributed by atoms with Crippen molar-refractivity contribution in [2.45, 2.75) is 33.6 Å². The highest BCUT2D eigenvalue weighted by molar-refractivity contribution is 6.03. The number of aryl methyl sites for hydroxylation is 1. The predicted octanol–water partition coefficient (Wildman–Crippen LogP) is 5.11. The number of rotatable bonds is 6. The van der Waals surface area contributed by atoms with Crippen molar-refractivity contribution >= 4 is 28.9 Å². The lowest BCUT2D eigenvalue weighted by Crippen LogP contribution is -2.15. The van der Waals surface area contributed by atoms with E-state index in [2.05, 4.69) is 34.4 Å². The molecule has 6 heteroatoms. The Morgan fingerprint density at radius 1 is 0.897 bits per heavy atom. The summed E-state index contributed by atoms with van der Waals surface area (Å²) < 4.78 is 0. The molecule has 3 aromatic rings. The Kier molecular flexibility index (Phi) is 6.02. The summed E-state index contributed by atoms with van der Waals surface area (Å²) in [5.41, 5.74) is 3.60. The molecule has 1 amide bonds. The lowest BCUT2D eigenvalue weighted by molar-refractivity contribution is 0.101. The van der Waals surface area contributed by atoms with Crippen molar-refractivity contribution in [2.75, 3.05) is 10.6 Å². The molecule has 6 nitrogen and oxygen atoms in total. The zero-order chi connectivity index (χ0) is 21.0. The van der Waals surface area contributed by atoms with Crippen LogP contribution in [0.3, 0.4) is 0 Å². The van der Waals surface area contributed by atoms with Crippen molar-refractivity contribution in [3.8, 4) is 0 Å². The van der Waals surface area contributed by atoms with Crippen LogP contribution in [0.2, 0.25) is 0 Å². The summed E-state index contributed by atoms with van der Waals surface area (Å²) in [7, 11) is 0. The van der Waals surface area contributed by atoms with E-state index in [0.29, 0.717) is 28.8 Å². The molecule has 0 spiro atoms. The van der Waals surface area contributed by atoms with Gasteiger partial charge in [0.25, 0.3) is 5.91 Å². The van der Waals surface area contributed by atoms with Gasteiger partial charge in [-0.3, -0.25) is 9.59 Å². The van der Waals surface area contributed by atoms with Gasteiger partial charge in [-0.05, 0) is 61.7 Å². The van der Waals surface area contributed by atoms with E-state index in [1.807, 2.05) is 24.3 Å². The highest BCUT2D eigenvalue weighted by Gasteiger charge is 2.12. The molecule has 3 rings (SSSR count). The average molecular weight is 388 g/mol. The van der Waals surface area contributed by atoms with Crippen molar-refractivity contribution < 1.29 is 9.59 Å². The molecule has 1 heterocycles. The molecule has 0 bridgehead atoms. The van der Waals surface area contributed by atoms with Crippen LogP contribution in [0.4, 0.5) is 17.2 Å². The van der Waals surface area contributed by atoms with Crippen LogP contribution in [-0.2, 0) is 0 Å². The number of amides is 1. The molecule has 0 aliphatic rings. The maximum Gasteiger partial charge on any atom is 0.274 e. The summed E-state index contributed by atoms with van der Waals surface area (Å²) in [5, 5.41) is 6.02.